The Morgan fingerprint density at radius 3 is 2.11 bits per heavy atom. The lowest BCUT2D eigenvalue weighted by atomic mass is 9.93. The van der Waals surface area contributed by atoms with Gasteiger partial charge in [-0.05, 0) is 20.2 Å². The van der Waals surface area contributed by atoms with Crippen molar-refractivity contribution in [1.29, 1.82) is 0 Å². The van der Waals surface area contributed by atoms with E-state index in [0.29, 0.717) is 0 Å². The first kappa shape index (κ1) is 20.4. The van der Waals surface area contributed by atoms with Gasteiger partial charge in [0.1, 0.15) is 42.5 Å². The fourth-order valence-electron chi connectivity index (χ4n) is 2.77. The second kappa shape index (κ2) is 8.78. The predicted octanol–water partition coefficient (Wildman–Crippen LogP) is 2.20. The van der Waals surface area contributed by atoms with Gasteiger partial charge in [-0.1, -0.05) is 6.07 Å². The molecule has 0 aliphatic carbocycles. The smallest absolute Gasteiger partial charge is 0.258 e. The van der Waals surface area contributed by atoms with Crippen molar-refractivity contribution in [2.45, 2.75) is 18.7 Å². The van der Waals surface area contributed by atoms with Gasteiger partial charge in [-0.25, -0.2) is 32.8 Å². The highest BCUT2D eigenvalue weighted by molar-refractivity contribution is 7.44. The van der Waals surface area contributed by atoms with Crippen molar-refractivity contribution in [3.63, 3.8) is 0 Å². The topological polar surface area (TPSA) is 83.1 Å². The molecule has 28 heavy (non-hydrogen) atoms. The molecule has 0 aliphatic heterocycles. The molecule has 0 radical (unpaired) electrons. The lowest BCUT2D eigenvalue weighted by Crippen LogP contribution is -2.40. The lowest BCUT2D eigenvalue weighted by molar-refractivity contribution is 0.00980. The minimum atomic E-state index is -1.56. The van der Waals surface area contributed by atoms with Crippen LogP contribution in [0.25, 0.3) is 0 Å². The number of benzene rings is 1. The van der Waals surface area contributed by atoms with E-state index in [1.807, 2.05) is 0 Å². The number of nitrogens with zero attached hydrogens (tertiary/aromatic N) is 7. The molecule has 1 aromatic carbocycles. The van der Waals surface area contributed by atoms with E-state index >= 15 is 0 Å². The standard InChI is InChI=1S/C16H20F2N7O2P/c1-23(2)28(26-3)27-16(7-24-11-19-9-21-24,8-25-12-20-10-22-25)14-5-4-13(17)6-15(14)18/h4-6,9-12H,7-8H2,1-3H3. The van der Waals surface area contributed by atoms with Crippen LogP contribution in [0, 0.1) is 11.6 Å². The molecule has 0 amide bonds. The van der Waals surface area contributed by atoms with Crippen LogP contribution < -0.4 is 0 Å². The number of aromatic nitrogens is 6. The average molecular weight is 411 g/mol. The zero-order valence-corrected chi connectivity index (χ0v) is 16.5. The molecule has 1 atom stereocenters. The average Bonchev–Trinajstić information content (AvgIpc) is 3.33. The zero-order chi connectivity index (χ0) is 20.1. The highest BCUT2D eigenvalue weighted by Gasteiger charge is 2.41. The molecule has 0 saturated carbocycles. The maximum atomic E-state index is 14.9. The first-order chi connectivity index (χ1) is 13.4. The number of halogens is 2. The fraction of sp³-hybridized carbons (Fsp3) is 0.375. The van der Waals surface area contributed by atoms with E-state index < -0.39 is 25.8 Å². The summed E-state index contributed by atoms with van der Waals surface area (Å²) in [5.41, 5.74) is -1.18. The van der Waals surface area contributed by atoms with Crippen molar-refractivity contribution in [2.75, 3.05) is 21.2 Å². The first-order valence-electron chi connectivity index (χ1n) is 8.24. The Bertz CT molecular complexity index is 841. The second-order valence-electron chi connectivity index (χ2n) is 6.16. The first-order valence-corrected chi connectivity index (χ1v) is 9.37. The quantitative estimate of drug-likeness (QED) is 0.499. The Morgan fingerprint density at radius 1 is 1.07 bits per heavy atom. The van der Waals surface area contributed by atoms with Gasteiger partial charge in [0.05, 0.1) is 13.1 Å². The summed E-state index contributed by atoms with van der Waals surface area (Å²) in [6.07, 6.45) is 5.72. The molecule has 2 aromatic heterocycles. The monoisotopic (exact) mass is 411 g/mol. The van der Waals surface area contributed by atoms with Gasteiger partial charge < -0.3 is 9.05 Å². The highest BCUT2D eigenvalue weighted by Crippen LogP contribution is 2.48. The molecule has 2 heterocycles. The molecule has 1 unspecified atom stereocenters. The molecule has 12 heteroatoms. The molecule has 150 valence electrons. The minimum Gasteiger partial charge on any atom is -0.325 e. The third-order valence-electron chi connectivity index (χ3n) is 3.93. The largest absolute Gasteiger partial charge is 0.325 e. The molecule has 0 saturated heterocycles. The Hall–Kier alpha value is -2.33. The van der Waals surface area contributed by atoms with E-state index in [1.165, 1.54) is 53.9 Å². The fourth-order valence-corrected chi connectivity index (χ4v) is 3.85. The molecular weight excluding hydrogens is 391 g/mol. The maximum Gasteiger partial charge on any atom is 0.258 e. The summed E-state index contributed by atoms with van der Waals surface area (Å²) in [6.45, 7) is 0.177. The second-order valence-corrected chi connectivity index (χ2v) is 7.99. The molecular formula is C16H20F2N7O2P. The summed E-state index contributed by atoms with van der Waals surface area (Å²) in [4.78, 5) is 7.88. The SMILES string of the molecule is COP(OC(Cn1cncn1)(Cn1cncn1)c1ccc(F)cc1F)N(C)C. The van der Waals surface area contributed by atoms with Gasteiger partial charge in [0.2, 0.25) is 0 Å². The van der Waals surface area contributed by atoms with Gasteiger partial charge in [-0.15, -0.1) is 0 Å². The van der Waals surface area contributed by atoms with Gasteiger partial charge in [0.25, 0.3) is 8.53 Å². The van der Waals surface area contributed by atoms with Gasteiger partial charge >= 0.3 is 0 Å². The van der Waals surface area contributed by atoms with Crippen LogP contribution in [-0.2, 0) is 27.7 Å². The third kappa shape index (κ3) is 4.56. The van der Waals surface area contributed by atoms with Crippen LogP contribution in [-0.4, -0.2) is 55.4 Å². The van der Waals surface area contributed by atoms with Crippen molar-refractivity contribution < 1.29 is 17.8 Å². The van der Waals surface area contributed by atoms with E-state index in [0.717, 1.165) is 6.07 Å². The van der Waals surface area contributed by atoms with Crippen LogP contribution in [0.15, 0.2) is 43.5 Å². The van der Waals surface area contributed by atoms with E-state index in [9.17, 15) is 8.78 Å². The van der Waals surface area contributed by atoms with Crippen molar-refractivity contribution in [1.82, 2.24) is 34.2 Å². The summed E-state index contributed by atoms with van der Waals surface area (Å²) < 4.78 is 45.1. The van der Waals surface area contributed by atoms with Crippen LogP contribution in [0.2, 0.25) is 0 Å². The number of rotatable bonds is 9. The third-order valence-corrected chi connectivity index (χ3v) is 5.40. The number of hydrogen-bond donors (Lipinski definition) is 0. The van der Waals surface area contributed by atoms with Crippen LogP contribution >= 0.6 is 8.53 Å². The van der Waals surface area contributed by atoms with E-state index in [4.69, 9.17) is 9.05 Å². The van der Waals surface area contributed by atoms with Gasteiger partial charge in [0.15, 0.2) is 0 Å². The van der Waals surface area contributed by atoms with Crippen molar-refractivity contribution in [2.24, 2.45) is 0 Å². The van der Waals surface area contributed by atoms with Gasteiger partial charge in [0, 0.05) is 18.7 Å². The molecule has 0 spiro atoms. The molecule has 3 rings (SSSR count). The van der Waals surface area contributed by atoms with Crippen LogP contribution in [0.4, 0.5) is 8.78 Å². The molecule has 9 nitrogen and oxygen atoms in total. The van der Waals surface area contributed by atoms with Crippen LogP contribution in [0.5, 0.6) is 0 Å². The molecule has 0 fully saturated rings. The molecule has 0 N–H and O–H groups in total. The van der Waals surface area contributed by atoms with Crippen molar-refractivity contribution >= 4 is 8.53 Å². The van der Waals surface area contributed by atoms with Crippen LogP contribution in [0.1, 0.15) is 5.56 Å². The Balaban J connectivity index is 2.13. The highest BCUT2D eigenvalue weighted by atomic mass is 31.2. The van der Waals surface area contributed by atoms with E-state index in [1.54, 1.807) is 18.8 Å². The van der Waals surface area contributed by atoms with E-state index in [2.05, 4.69) is 20.2 Å². The van der Waals surface area contributed by atoms with Crippen molar-refractivity contribution in [3.8, 4) is 0 Å². The molecule has 0 aliphatic rings. The van der Waals surface area contributed by atoms with Crippen molar-refractivity contribution in [3.05, 3.63) is 60.7 Å². The summed E-state index contributed by atoms with van der Waals surface area (Å²) in [5, 5.41) is 8.24. The summed E-state index contributed by atoms with van der Waals surface area (Å²) >= 11 is 0. The predicted molar refractivity (Wildman–Crippen MR) is 96.8 cm³/mol. The Morgan fingerprint density at radius 2 is 1.68 bits per heavy atom. The summed E-state index contributed by atoms with van der Waals surface area (Å²) in [7, 11) is 3.51. The Kier molecular flexibility index (Phi) is 6.40. The Labute approximate surface area is 161 Å². The summed E-state index contributed by atoms with van der Waals surface area (Å²) in [6, 6.07) is 3.36. The minimum absolute atomic E-state index is 0.0887. The molecule has 0 bridgehead atoms. The zero-order valence-electron chi connectivity index (χ0n) is 15.6. The van der Waals surface area contributed by atoms with Crippen LogP contribution in [0.3, 0.4) is 0 Å². The maximum absolute atomic E-state index is 14.9. The number of hydrogen-bond acceptors (Lipinski definition) is 7. The molecule has 3 aromatic rings. The van der Waals surface area contributed by atoms with Gasteiger partial charge in [-0.2, -0.15) is 10.2 Å². The van der Waals surface area contributed by atoms with E-state index in [-0.39, 0.29) is 18.7 Å². The lowest BCUT2D eigenvalue weighted by Gasteiger charge is -2.37. The van der Waals surface area contributed by atoms with Gasteiger partial charge in [-0.3, -0.25) is 0 Å². The summed E-state index contributed by atoms with van der Waals surface area (Å²) in [5.74, 6) is -1.43. The normalized spacial score (nSPS) is 13.2.